The summed E-state index contributed by atoms with van der Waals surface area (Å²) in [6, 6.07) is 12.8. The predicted octanol–water partition coefficient (Wildman–Crippen LogP) is 3.66. The summed E-state index contributed by atoms with van der Waals surface area (Å²) in [5, 5.41) is 22.5. The average Bonchev–Trinajstić information content (AvgIpc) is 2.91. The molecule has 6 rings (SSSR count). The first kappa shape index (κ1) is 23.2. The van der Waals surface area contributed by atoms with Crippen LogP contribution in [0.5, 0.6) is 0 Å². The molecule has 2 unspecified atom stereocenters. The van der Waals surface area contributed by atoms with Gasteiger partial charge in [-0.25, -0.2) is 8.78 Å². The maximum atomic E-state index is 14.2. The molecule has 0 bridgehead atoms. The molecule has 0 radical (unpaired) electrons. The minimum absolute atomic E-state index is 0.0318. The number of aromatic nitrogens is 3. The van der Waals surface area contributed by atoms with E-state index in [1.165, 1.54) is 12.1 Å². The van der Waals surface area contributed by atoms with Crippen LogP contribution in [0.4, 0.5) is 20.2 Å². The third kappa shape index (κ3) is 4.22. The van der Waals surface area contributed by atoms with Gasteiger partial charge in [0, 0.05) is 54.5 Å². The van der Waals surface area contributed by atoms with Crippen LogP contribution < -0.4 is 16.0 Å². The van der Waals surface area contributed by atoms with Crippen LogP contribution in [0.25, 0.3) is 33.4 Å². The van der Waals surface area contributed by atoms with Crippen LogP contribution >= 0.6 is 0 Å². The maximum absolute atomic E-state index is 14.2. The number of nitrogens with two attached hydrogens (primary N) is 1. The van der Waals surface area contributed by atoms with Gasteiger partial charge in [-0.3, -0.25) is 4.98 Å². The maximum Gasteiger partial charge on any atom is 0.126 e. The second-order valence-electron chi connectivity index (χ2n) is 9.22. The van der Waals surface area contributed by atoms with Gasteiger partial charge in [0.2, 0.25) is 0 Å². The molecule has 0 aliphatic carbocycles. The van der Waals surface area contributed by atoms with E-state index in [1.807, 2.05) is 18.2 Å². The largest absolute Gasteiger partial charge is 0.396 e. The molecule has 2 fully saturated rings. The summed E-state index contributed by atoms with van der Waals surface area (Å²) in [5.41, 5.74) is 10.0. The topological polar surface area (TPSA) is 113 Å². The highest BCUT2D eigenvalue weighted by Gasteiger charge is 2.34. The molecule has 2 aliphatic rings. The number of ether oxygens (including phenoxy) is 1. The number of nitrogen functional groups attached to an aromatic ring is 1. The Hall–Kier alpha value is -4.20. The van der Waals surface area contributed by atoms with Gasteiger partial charge in [-0.05, 0) is 36.8 Å². The predicted molar refractivity (Wildman–Crippen MR) is 136 cm³/mol. The Morgan fingerprint density at radius 2 is 1.89 bits per heavy atom. The summed E-state index contributed by atoms with van der Waals surface area (Å²) in [6.07, 6.45) is 2.35. The summed E-state index contributed by atoms with van der Waals surface area (Å²) in [4.78, 5) is 6.56. The number of pyridine rings is 1. The smallest absolute Gasteiger partial charge is 0.126 e. The molecule has 2 aromatic carbocycles. The summed E-state index contributed by atoms with van der Waals surface area (Å²) in [6.45, 7) is 2.71. The number of nitriles is 1. The van der Waals surface area contributed by atoms with Gasteiger partial charge in [0.15, 0.2) is 0 Å². The van der Waals surface area contributed by atoms with Gasteiger partial charge in [-0.15, -0.1) is 10.2 Å². The summed E-state index contributed by atoms with van der Waals surface area (Å²) in [5.74, 6) is -1.39. The molecule has 4 aromatic rings. The van der Waals surface area contributed by atoms with Gasteiger partial charge in [0.05, 0.1) is 40.9 Å². The van der Waals surface area contributed by atoms with E-state index >= 15 is 0 Å². The SMILES string of the molecule is N#Cc1ccnc(-c2ccc3nnc(-c4cc(F)cc(F)c4)c(N4CCC5NCCOC5C4)c3c2)c1N. The minimum atomic E-state index is -0.694. The molecular formula is C27H23F2N7O. The Kier molecular flexibility index (Phi) is 5.87. The number of hydrogen-bond acceptors (Lipinski definition) is 8. The molecule has 0 spiro atoms. The van der Waals surface area contributed by atoms with Gasteiger partial charge in [-0.1, -0.05) is 6.07 Å². The van der Waals surface area contributed by atoms with Crippen molar-refractivity contribution in [3.05, 3.63) is 65.9 Å². The van der Waals surface area contributed by atoms with Gasteiger partial charge < -0.3 is 20.7 Å². The van der Waals surface area contributed by atoms with Crippen molar-refractivity contribution in [1.29, 1.82) is 5.26 Å². The van der Waals surface area contributed by atoms with Gasteiger partial charge in [0.25, 0.3) is 0 Å². The molecule has 0 amide bonds. The van der Waals surface area contributed by atoms with Gasteiger partial charge in [0.1, 0.15) is 23.4 Å². The molecule has 2 atom stereocenters. The molecular weight excluding hydrogens is 476 g/mol. The van der Waals surface area contributed by atoms with Crippen molar-refractivity contribution in [3.63, 3.8) is 0 Å². The monoisotopic (exact) mass is 499 g/mol. The van der Waals surface area contributed by atoms with E-state index in [2.05, 4.69) is 31.5 Å². The Morgan fingerprint density at radius 1 is 1.05 bits per heavy atom. The van der Waals surface area contributed by atoms with E-state index in [0.29, 0.717) is 59.0 Å². The number of morpholine rings is 1. The zero-order valence-corrected chi connectivity index (χ0v) is 19.8. The first-order valence-electron chi connectivity index (χ1n) is 12.0. The second-order valence-corrected chi connectivity index (χ2v) is 9.22. The molecule has 8 nitrogen and oxygen atoms in total. The van der Waals surface area contributed by atoms with Crippen molar-refractivity contribution < 1.29 is 13.5 Å². The van der Waals surface area contributed by atoms with Crippen molar-refractivity contribution in [2.24, 2.45) is 0 Å². The summed E-state index contributed by atoms with van der Waals surface area (Å²) in [7, 11) is 0. The first-order valence-corrected chi connectivity index (χ1v) is 12.0. The van der Waals surface area contributed by atoms with E-state index < -0.39 is 11.6 Å². The van der Waals surface area contributed by atoms with Crippen LogP contribution in [0.1, 0.15) is 12.0 Å². The lowest BCUT2D eigenvalue weighted by atomic mass is 9.96. The molecule has 10 heteroatoms. The number of nitrogens with zero attached hydrogens (tertiary/aromatic N) is 5. The third-order valence-corrected chi connectivity index (χ3v) is 6.97. The minimum Gasteiger partial charge on any atom is -0.396 e. The van der Waals surface area contributed by atoms with E-state index in [-0.39, 0.29) is 17.8 Å². The van der Waals surface area contributed by atoms with Crippen molar-refractivity contribution in [2.45, 2.75) is 18.6 Å². The lowest BCUT2D eigenvalue weighted by Crippen LogP contribution is -2.57. The Bertz CT molecular complexity index is 1530. The number of nitrogens with one attached hydrogen (secondary N) is 1. The second kappa shape index (κ2) is 9.35. The van der Waals surface area contributed by atoms with E-state index in [1.54, 1.807) is 12.3 Å². The van der Waals surface area contributed by atoms with Gasteiger partial charge in [-0.2, -0.15) is 5.26 Å². The number of halogens is 2. The van der Waals surface area contributed by atoms with Crippen molar-refractivity contribution in [3.8, 4) is 28.6 Å². The normalized spacial score (nSPS) is 19.4. The zero-order valence-electron chi connectivity index (χ0n) is 19.8. The van der Waals surface area contributed by atoms with Crippen LogP contribution in [0.3, 0.4) is 0 Å². The number of benzene rings is 2. The number of anilines is 2. The molecule has 37 heavy (non-hydrogen) atoms. The van der Waals surface area contributed by atoms with E-state index in [0.717, 1.165) is 24.4 Å². The fourth-order valence-electron chi connectivity index (χ4n) is 5.22. The number of rotatable bonds is 3. The number of piperidine rings is 1. The Morgan fingerprint density at radius 3 is 2.70 bits per heavy atom. The lowest BCUT2D eigenvalue weighted by molar-refractivity contribution is -0.00897. The highest BCUT2D eigenvalue weighted by atomic mass is 19.1. The molecule has 186 valence electrons. The molecule has 3 N–H and O–H groups in total. The first-order chi connectivity index (χ1) is 18.0. The molecule has 2 aliphatic heterocycles. The average molecular weight is 500 g/mol. The Balaban J connectivity index is 1.56. The van der Waals surface area contributed by atoms with Crippen molar-refractivity contribution in [2.75, 3.05) is 36.9 Å². The van der Waals surface area contributed by atoms with Crippen LogP contribution in [0, 0.1) is 23.0 Å². The Labute approximate surface area is 211 Å². The molecule has 0 saturated carbocycles. The van der Waals surface area contributed by atoms with Crippen molar-refractivity contribution in [1.82, 2.24) is 20.5 Å². The highest BCUT2D eigenvalue weighted by molar-refractivity contribution is 6.00. The number of hydrogen-bond donors (Lipinski definition) is 2. The van der Waals surface area contributed by atoms with E-state index in [9.17, 15) is 14.0 Å². The summed E-state index contributed by atoms with van der Waals surface area (Å²) < 4.78 is 34.5. The quantitative estimate of drug-likeness (QED) is 0.439. The third-order valence-electron chi connectivity index (χ3n) is 6.97. The van der Waals surface area contributed by atoms with Gasteiger partial charge >= 0.3 is 0 Å². The summed E-state index contributed by atoms with van der Waals surface area (Å²) >= 11 is 0. The molecule has 2 aromatic heterocycles. The highest BCUT2D eigenvalue weighted by Crippen LogP contribution is 2.39. The van der Waals surface area contributed by atoms with Crippen molar-refractivity contribution >= 4 is 22.3 Å². The molecule has 2 saturated heterocycles. The van der Waals surface area contributed by atoms with Crippen LogP contribution in [0.2, 0.25) is 0 Å². The molecule has 4 heterocycles. The number of fused-ring (bicyclic) bond motifs is 2. The van der Waals surface area contributed by atoms with Crippen LogP contribution in [-0.4, -0.2) is 53.6 Å². The fourth-order valence-corrected chi connectivity index (χ4v) is 5.22. The van der Waals surface area contributed by atoms with E-state index in [4.69, 9.17) is 10.5 Å². The van der Waals surface area contributed by atoms with Crippen LogP contribution in [0.15, 0.2) is 48.7 Å². The standard InChI is InChI=1S/C27H23F2N7O/c28-18-9-17(10-19(29)12-18)26-27(36-7-4-22-23(14-36)37-8-6-32-22)20-11-15(1-2-21(20)34-35-26)25-24(31)16(13-30)3-5-33-25/h1-3,5,9-12,22-23,32H,4,6-8,14,31H2. The zero-order chi connectivity index (χ0) is 25.5. The fraction of sp³-hybridized carbons (Fsp3) is 0.259. The lowest BCUT2D eigenvalue weighted by Gasteiger charge is -2.43. The van der Waals surface area contributed by atoms with Crippen LogP contribution in [-0.2, 0) is 4.74 Å².